The smallest absolute Gasteiger partial charge is 0.225 e. The van der Waals surface area contributed by atoms with Gasteiger partial charge in [-0.2, -0.15) is 0 Å². The third kappa shape index (κ3) is 1.69. The first-order valence-corrected chi connectivity index (χ1v) is 5.58. The van der Waals surface area contributed by atoms with Crippen LogP contribution in [0.2, 0.25) is 0 Å². The average Bonchev–Trinajstić information content (AvgIpc) is 2.70. The Hall–Kier alpha value is -0.820. The van der Waals surface area contributed by atoms with Crippen LogP contribution in [0.3, 0.4) is 0 Å². The van der Waals surface area contributed by atoms with Gasteiger partial charge in [0, 0.05) is 11.8 Å². The maximum atomic E-state index is 11.2. The summed E-state index contributed by atoms with van der Waals surface area (Å²) in [4.78, 5) is 11.2. The molecule has 2 heteroatoms. The lowest BCUT2D eigenvalue weighted by Gasteiger charge is -2.02. The van der Waals surface area contributed by atoms with Crippen molar-refractivity contribution in [1.29, 1.82) is 0 Å². The highest BCUT2D eigenvalue weighted by Crippen LogP contribution is 2.65. The van der Waals surface area contributed by atoms with Gasteiger partial charge in [0.2, 0.25) is 5.24 Å². The van der Waals surface area contributed by atoms with Crippen molar-refractivity contribution in [3.8, 4) is 0 Å². The van der Waals surface area contributed by atoms with Gasteiger partial charge in [0.1, 0.15) is 0 Å². The molecule has 1 aromatic rings. The molecule has 1 fully saturated rings. The summed E-state index contributed by atoms with van der Waals surface area (Å²) in [7, 11) is 0. The summed E-state index contributed by atoms with van der Waals surface area (Å²) in [6.07, 6.45) is 0. The minimum Gasteiger partial charge on any atom is -0.281 e. The van der Waals surface area contributed by atoms with Crippen molar-refractivity contribution in [1.82, 2.24) is 0 Å². The second-order valence-electron chi connectivity index (χ2n) is 4.99. The van der Waals surface area contributed by atoms with Crippen LogP contribution >= 0.6 is 11.6 Å². The second-order valence-corrected chi connectivity index (χ2v) is 5.36. The fourth-order valence-electron chi connectivity index (χ4n) is 2.46. The quantitative estimate of drug-likeness (QED) is 0.700. The van der Waals surface area contributed by atoms with Gasteiger partial charge in [-0.3, -0.25) is 4.79 Å². The number of rotatable bonds is 2. The molecule has 0 unspecified atom stereocenters. The van der Waals surface area contributed by atoms with E-state index >= 15 is 0 Å². The number of carbonyl (C=O) groups is 1. The third-order valence-corrected chi connectivity index (χ3v) is 3.74. The summed E-state index contributed by atoms with van der Waals surface area (Å²) in [6.45, 7) is 6.26. The molecule has 0 aliphatic heterocycles. The van der Waals surface area contributed by atoms with Crippen molar-refractivity contribution in [2.75, 3.05) is 0 Å². The zero-order valence-electron chi connectivity index (χ0n) is 9.25. The molecule has 80 valence electrons. The normalized spacial score (nSPS) is 27.5. The predicted molar refractivity (Wildman–Crippen MR) is 62.1 cm³/mol. The van der Waals surface area contributed by atoms with Gasteiger partial charge in [0.05, 0.1) is 0 Å². The number of aryl methyl sites for hydroxylation is 1. The van der Waals surface area contributed by atoms with Gasteiger partial charge in [0.15, 0.2) is 0 Å². The van der Waals surface area contributed by atoms with Crippen LogP contribution in [-0.2, 0) is 4.79 Å². The Labute approximate surface area is 95.4 Å². The van der Waals surface area contributed by atoms with Crippen molar-refractivity contribution in [2.45, 2.75) is 26.7 Å². The lowest BCUT2D eigenvalue weighted by molar-refractivity contribution is -0.113. The molecule has 0 bridgehead atoms. The van der Waals surface area contributed by atoms with Gasteiger partial charge in [0.25, 0.3) is 0 Å². The van der Waals surface area contributed by atoms with Crippen molar-refractivity contribution in [3.05, 3.63) is 35.4 Å². The molecule has 0 radical (unpaired) electrons. The van der Waals surface area contributed by atoms with Crippen LogP contribution in [0, 0.1) is 18.3 Å². The minimum atomic E-state index is -0.203. The standard InChI is InChI=1S/C13H15ClO/c1-8-4-6-9(7-5-8)10-11(12(14)15)13(10,2)3/h4-7,10-11H,1-3H3/t10-,11+/m1/s1. The molecule has 1 aliphatic rings. The van der Waals surface area contributed by atoms with Crippen LogP contribution in [0.25, 0.3) is 0 Å². The lowest BCUT2D eigenvalue weighted by Crippen LogP contribution is -1.96. The van der Waals surface area contributed by atoms with Crippen molar-refractivity contribution in [2.24, 2.45) is 11.3 Å². The third-order valence-electron chi connectivity index (χ3n) is 3.51. The molecule has 1 aliphatic carbocycles. The molecule has 0 spiro atoms. The van der Waals surface area contributed by atoms with Gasteiger partial charge >= 0.3 is 0 Å². The van der Waals surface area contributed by atoms with Crippen LogP contribution in [-0.4, -0.2) is 5.24 Å². The number of hydrogen-bond acceptors (Lipinski definition) is 1. The minimum absolute atomic E-state index is 0.0122. The molecule has 0 heterocycles. The molecule has 2 atom stereocenters. The lowest BCUT2D eigenvalue weighted by atomic mass is 10.0. The summed E-state index contributed by atoms with van der Waals surface area (Å²) in [5.41, 5.74) is 2.49. The molecule has 1 nitrogen and oxygen atoms in total. The maximum Gasteiger partial charge on any atom is 0.225 e. The van der Waals surface area contributed by atoms with Gasteiger partial charge < -0.3 is 0 Å². The molecule has 0 amide bonds. The van der Waals surface area contributed by atoms with E-state index in [1.807, 2.05) is 0 Å². The fraction of sp³-hybridized carbons (Fsp3) is 0.462. The number of halogens is 1. The first-order chi connectivity index (χ1) is 6.94. The Kier molecular flexibility index (Phi) is 2.38. The van der Waals surface area contributed by atoms with E-state index in [2.05, 4.69) is 45.0 Å². The zero-order chi connectivity index (χ0) is 11.2. The van der Waals surface area contributed by atoms with Crippen LogP contribution in [0.4, 0.5) is 0 Å². The molecular weight excluding hydrogens is 208 g/mol. The van der Waals surface area contributed by atoms with Crippen molar-refractivity contribution < 1.29 is 4.79 Å². The number of carbonyl (C=O) groups excluding carboxylic acids is 1. The number of hydrogen-bond donors (Lipinski definition) is 0. The van der Waals surface area contributed by atoms with Gasteiger partial charge in [-0.1, -0.05) is 43.7 Å². The highest BCUT2D eigenvalue weighted by molar-refractivity contribution is 6.64. The molecule has 0 saturated heterocycles. The molecule has 0 aromatic heterocycles. The van der Waals surface area contributed by atoms with E-state index in [-0.39, 0.29) is 16.6 Å². The SMILES string of the molecule is Cc1ccc([C@@H]2[C@@H](C(=O)Cl)C2(C)C)cc1. The number of benzene rings is 1. The van der Waals surface area contributed by atoms with Crippen molar-refractivity contribution in [3.63, 3.8) is 0 Å². The first kappa shape index (κ1) is 10.7. The van der Waals surface area contributed by atoms with Crippen LogP contribution in [0.5, 0.6) is 0 Å². The maximum absolute atomic E-state index is 11.2. The van der Waals surface area contributed by atoms with Crippen LogP contribution in [0.1, 0.15) is 30.9 Å². The molecule has 1 saturated carbocycles. The summed E-state index contributed by atoms with van der Waals surface area (Å²) in [6, 6.07) is 8.36. The van der Waals surface area contributed by atoms with Gasteiger partial charge in [-0.15, -0.1) is 0 Å². The molecule has 1 aromatic carbocycles. The van der Waals surface area contributed by atoms with Gasteiger partial charge in [-0.05, 0) is 29.5 Å². The highest BCUT2D eigenvalue weighted by Gasteiger charge is 2.61. The van der Waals surface area contributed by atoms with E-state index in [0.717, 1.165) is 0 Å². The Morgan fingerprint density at radius 3 is 2.20 bits per heavy atom. The Morgan fingerprint density at radius 2 is 1.80 bits per heavy atom. The fourth-order valence-corrected chi connectivity index (χ4v) is 2.86. The summed E-state index contributed by atoms with van der Waals surface area (Å²) < 4.78 is 0. The van der Waals surface area contributed by atoms with E-state index in [4.69, 9.17) is 11.6 Å². The molecular formula is C13H15ClO. The summed E-state index contributed by atoms with van der Waals surface area (Å²) >= 11 is 5.60. The monoisotopic (exact) mass is 222 g/mol. The molecule has 2 rings (SSSR count). The Balaban J connectivity index is 2.27. The van der Waals surface area contributed by atoms with E-state index in [0.29, 0.717) is 5.92 Å². The van der Waals surface area contributed by atoms with Crippen molar-refractivity contribution >= 4 is 16.8 Å². The van der Waals surface area contributed by atoms with Crippen LogP contribution in [0.15, 0.2) is 24.3 Å². The molecule has 15 heavy (non-hydrogen) atoms. The van der Waals surface area contributed by atoms with E-state index < -0.39 is 0 Å². The Morgan fingerprint density at radius 1 is 1.27 bits per heavy atom. The van der Waals surface area contributed by atoms with E-state index in [1.165, 1.54) is 11.1 Å². The Bertz CT molecular complexity index is 392. The molecule has 0 N–H and O–H groups in total. The topological polar surface area (TPSA) is 17.1 Å². The first-order valence-electron chi connectivity index (χ1n) is 5.20. The largest absolute Gasteiger partial charge is 0.281 e. The van der Waals surface area contributed by atoms with E-state index in [1.54, 1.807) is 0 Å². The second kappa shape index (κ2) is 3.34. The van der Waals surface area contributed by atoms with Crippen LogP contribution < -0.4 is 0 Å². The average molecular weight is 223 g/mol. The predicted octanol–water partition coefficient (Wildman–Crippen LogP) is 3.50. The van der Waals surface area contributed by atoms with Gasteiger partial charge in [-0.25, -0.2) is 0 Å². The summed E-state index contributed by atoms with van der Waals surface area (Å²) in [5.74, 6) is 0.282. The van der Waals surface area contributed by atoms with E-state index in [9.17, 15) is 4.79 Å². The summed E-state index contributed by atoms with van der Waals surface area (Å²) in [5, 5.41) is -0.203. The zero-order valence-corrected chi connectivity index (χ0v) is 10.0. The highest BCUT2D eigenvalue weighted by atomic mass is 35.5.